The van der Waals surface area contributed by atoms with Crippen LogP contribution in [0.5, 0.6) is 5.75 Å². The van der Waals surface area contributed by atoms with E-state index in [1.165, 1.54) is 6.08 Å². The summed E-state index contributed by atoms with van der Waals surface area (Å²) in [6, 6.07) is 15.0. The summed E-state index contributed by atoms with van der Waals surface area (Å²) in [5, 5.41) is 10.2. The fourth-order valence-electron chi connectivity index (χ4n) is 2.20. The first-order valence-corrected chi connectivity index (χ1v) is 7.66. The van der Waals surface area contributed by atoms with Crippen LogP contribution in [-0.2, 0) is 16.0 Å². The van der Waals surface area contributed by atoms with Crippen molar-refractivity contribution in [2.24, 2.45) is 0 Å². The van der Waals surface area contributed by atoms with Crippen molar-refractivity contribution >= 4 is 17.3 Å². The van der Waals surface area contributed by atoms with E-state index in [0.29, 0.717) is 12.3 Å². The summed E-state index contributed by atoms with van der Waals surface area (Å²) in [7, 11) is 0. The molecule has 0 spiro atoms. The van der Waals surface area contributed by atoms with Crippen molar-refractivity contribution in [3.05, 3.63) is 66.4 Å². The zero-order valence-electron chi connectivity index (χ0n) is 13.4. The molecule has 120 valence electrons. The second-order valence-corrected chi connectivity index (χ2v) is 4.95. The second kappa shape index (κ2) is 8.03. The largest absolute Gasteiger partial charge is 0.506 e. The lowest BCUT2D eigenvalue weighted by atomic mass is 10.1. The number of hydrogen-bond acceptors (Lipinski definition) is 4. The molecule has 0 unspecified atom stereocenters. The fourth-order valence-corrected chi connectivity index (χ4v) is 2.20. The predicted molar refractivity (Wildman–Crippen MR) is 91.8 cm³/mol. The van der Waals surface area contributed by atoms with Crippen molar-refractivity contribution in [1.82, 2.24) is 0 Å². The molecule has 0 amide bonds. The average molecular weight is 311 g/mol. The minimum atomic E-state index is -0.417. The maximum Gasteiger partial charge on any atom is 0.332 e. The number of rotatable bonds is 6. The number of esters is 1. The molecule has 0 aliphatic carbocycles. The molecular formula is C19H21NO3. The first kappa shape index (κ1) is 16.6. The number of para-hydroxylation sites is 1. The SMILES string of the molecule is CCOC(=O)/C=C/N(c1ccccc1)c1cc(CC)ccc1O. The van der Waals surface area contributed by atoms with Gasteiger partial charge in [0.25, 0.3) is 0 Å². The van der Waals surface area contributed by atoms with Crippen molar-refractivity contribution in [3.8, 4) is 5.75 Å². The number of nitrogens with zero attached hydrogens (tertiary/aromatic N) is 1. The molecule has 0 saturated carbocycles. The third-order valence-electron chi connectivity index (χ3n) is 3.39. The molecule has 0 aromatic heterocycles. The Labute approximate surface area is 136 Å². The zero-order valence-corrected chi connectivity index (χ0v) is 13.4. The van der Waals surface area contributed by atoms with Crippen LogP contribution in [0.4, 0.5) is 11.4 Å². The van der Waals surface area contributed by atoms with Crippen molar-refractivity contribution in [3.63, 3.8) is 0 Å². The van der Waals surface area contributed by atoms with Crippen LogP contribution in [0.2, 0.25) is 0 Å². The fraction of sp³-hybridized carbons (Fsp3) is 0.211. The summed E-state index contributed by atoms with van der Waals surface area (Å²) in [6.45, 7) is 4.14. The molecule has 4 nitrogen and oxygen atoms in total. The molecule has 4 heteroatoms. The van der Waals surface area contributed by atoms with Gasteiger partial charge in [0.05, 0.1) is 12.3 Å². The first-order valence-electron chi connectivity index (χ1n) is 7.66. The topological polar surface area (TPSA) is 49.8 Å². The standard InChI is InChI=1S/C19H21NO3/c1-3-15-10-11-18(21)17(14-15)20(13-12-19(22)23-4-2)16-8-6-5-7-9-16/h5-14,21H,3-4H2,1-2H3/b13-12+. The van der Waals surface area contributed by atoms with Crippen LogP contribution >= 0.6 is 0 Å². The number of phenols is 1. The van der Waals surface area contributed by atoms with Gasteiger partial charge in [0, 0.05) is 18.0 Å². The van der Waals surface area contributed by atoms with Crippen LogP contribution in [0.3, 0.4) is 0 Å². The van der Waals surface area contributed by atoms with Crippen LogP contribution in [0.1, 0.15) is 19.4 Å². The third kappa shape index (κ3) is 4.36. The van der Waals surface area contributed by atoms with Gasteiger partial charge >= 0.3 is 5.97 Å². The minimum absolute atomic E-state index is 0.152. The number of hydrogen-bond donors (Lipinski definition) is 1. The van der Waals surface area contributed by atoms with Gasteiger partial charge in [-0.05, 0) is 43.2 Å². The number of phenolic OH excluding ortho intramolecular Hbond substituents is 1. The second-order valence-electron chi connectivity index (χ2n) is 4.95. The highest BCUT2D eigenvalue weighted by Crippen LogP contribution is 2.34. The van der Waals surface area contributed by atoms with Gasteiger partial charge in [0.15, 0.2) is 0 Å². The molecular weight excluding hydrogens is 290 g/mol. The molecule has 2 aromatic carbocycles. The summed E-state index contributed by atoms with van der Waals surface area (Å²) in [4.78, 5) is 13.4. The lowest BCUT2D eigenvalue weighted by molar-refractivity contribution is -0.137. The lowest BCUT2D eigenvalue weighted by Crippen LogP contribution is -2.11. The molecule has 0 heterocycles. The van der Waals surface area contributed by atoms with Gasteiger partial charge < -0.3 is 14.7 Å². The molecule has 0 radical (unpaired) electrons. The van der Waals surface area contributed by atoms with Gasteiger partial charge in [-0.1, -0.05) is 31.2 Å². The quantitative estimate of drug-likeness (QED) is 0.642. The van der Waals surface area contributed by atoms with E-state index in [1.54, 1.807) is 24.1 Å². The van der Waals surface area contributed by atoms with E-state index in [1.807, 2.05) is 42.5 Å². The van der Waals surface area contributed by atoms with Crippen LogP contribution in [-0.4, -0.2) is 17.7 Å². The summed E-state index contributed by atoms with van der Waals surface area (Å²) in [5.74, 6) is -0.265. The highest BCUT2D eigenvalue weighted by molar-refractivity contribution is 5.84. The molecule has 0 saturated heterocycles. The number of carbonyl (C=O) groups excluding carboxylic acids is 1. The van der Waals surface area contributed by atoms with Crippen molar-refractivity contribution in [2.75, 3.05) is 11.5 Å². The van der Waals surface area contributed by atoms with Gasteiger partial charge in [-0.2, -0.15) is 0 Å². The number of carbonyl (C=O) groups is 1. The Morgan fingerprint density at radius 3 is 2.57 bits per heavy atom. The minimum Gasteiger partial charge on any atom is -0.506 e. The summed E-state index contributed by atoms with van der Waals surface area (Å²) in [6.07, 6.45) is 3.83. The van der Waals surface area contributed by atoms with E-state index in [0.717, 1.165) is 17.7 Å². The number of benzene rings is 2. The molecule has 0 fully saturated rings. The molecule has 2 rings (SSSR count). The molecule has 2 aromatic rings. The molecule has 0 bridgehead atoms. The zero-order chi connectivity index (χ0) is 16.7. The maximum atomic E-state index is 11.6. The molecule has 0 atom stereocenters. The summed E-state index contributed by atoms with van der Waals surface area (Å²) in [5.41, 5.74) is 2.57. The van der Waals surface area contributed by atoms with E-state index < -0.39 is 5.97 Å². The van der Waals surface area contributed by atoms with Crippen LogP contribution in [0, 0.1) is 0 Å². The van der Waals surface area contributed by atoms with E-state index in [2.05, 4.69) is 6.92 Å². The molecule has 0 aliphatic heterocycles. The Morgan fingerprint density at radius 2 is 1.91 bits per heavy atom. The van der Waals surface area contributed by atoms with Gasteiger partial charge in [0.2, 0.25) is 0 Å². The van der Waals surface area contributed by atoms with Crippen molar-refractivity contribution < 1.29 is 14.6 Å². The van der Waals surface area contributed by atoms with Gasteiger partial charge in [-0.3, -0.25) is 0 Å². The average Bonchev–Trinajstić information content (AvgIpc) is 2.58. The summed E-state index contributed by atoms with van der Waals surface area (Å²) >= 11 is 0. The third-order valence-corrected chi connectivity index (χ3v) is 3.39. The van der Waals surface area contributed by atoms with Crippen LogP contribution in [0.25, 0.3) is 0 Å². The predicted octanol–water partition coefficient (Wildman–Crippen LogP) is 4.17. The van der Waals surface area contributed by atoms with E-state index >= 15 is 0 Å². The molecule has 23 heavy (non-hydrogen) atoms. The maximum absolute atomic E-state index is 11.6. The monoisotopic (exact) mass is 311 g/mol. The van der Waals surface area contributed by atoms with Crippen molar-refractivity contribution in [2.45, 2.75) is 20.3 Å². The van der Waals surface area contributed by atoms with Crippen molar-refractivity contribution in [1.29, 1.82) is 0 Å². The highest BCUT2D eigenvalue weighted by Gasteiger charge is 2.12. The van der Waals surface area contributed by atoms with Crippen LogP contribution < -0.4 is 4.90 Å². The number of ether oxygens (including phenoxy) is 1. The van der Waals surface area contributed by atoms with Gasteiger partial charge in [-0.15, -0.1) is 0 Å². The number of aromatic hydroxyl groups is 1. The van der Waals surface area contributed by atoms with E-state index in [9.17, 15) is 9.90 Å². The Hall–Kier alpha value is -2.75. The highest BCUT2D eigenvalue weighted by atomic mass is 16.5. The summed E-state index contributed by atoms with van der Waals surface area (Å²) < 4.78 is 4.92. The Kier molecular flexibility index (Phi) is 5.80. The lowest BCUT2D eigenvalue weighted by Gasteiger charge is -2.22. The van der Waals surface area contributed by atoms with Gasteiger partial charge in [-0.25, -0.2) is 4.79 Å². The Bertz CT molecular complexity index is 680. The van der Waals surface area contributed by atoms with Crippen LogP contribution in [0.15, 0.2) is 60.8 Å². The first-order chi connectivity index (χ1) is 11.2. The smallest absolute Gasteiger partial charge is 0.332 e. The Morgan fingerprint density at radius 1 is 1.17 bits per heavy atom. The molecule has 0 aliphatic rings. The normalized spacial score (nSPS) is 10.7. The Balaban J connectivity index is 2.44. The number of anilines is 2. The van der Waals surface area contributed by atoms with E-state index in [4.69, 9.17) is 4.74 Å². The van der Waals surface area contributed by atoms with Gasteiger partial charge in [0.1, 0.15) is 5.75 Å². The number of aryl methyl sites for hydroxylation is 1. The van der Waals surface area contributed by atoms with E-state index in [-0.39, 0.29) is 5.75 Å². The molecule has 1 N–H and O–H groups in total.